The van der Waals surface area contributed by atoms with Crippen LogP contribution < -0.4 is 21.7 Å². The highest BCUT2D eigenvalue weighted by atomic mass is 35.5. The largest absolute Gasteiger partial charge is 0.289 e. The van der Waals surface area contributed by atoms with Crippen molar-refractivity contribution in [2.75, 3.05) is 0 Å². The van der Waals surface area contributed by atoms with Gasteiger partial charge >= 0.3 is 0 Å². The summed E-state index contributed by atoms with van der Waals surface area (Å²) in [4.78, 5) is 62.6. The second-order valence-electron chi connectivity index (χ2n) is 8.58. The molecule has 0 atom stereocenters. The minimum Gasteiger partial charge on any atom is -0.289 e. The molecule has 0 bridgehead atoms. The Balaban J connectivity index is 1.70. The standard InChI is InChI=1S/C28H10Cl2N2O4/c29-16-8-5-13-19(22(16)30)27(35)15-7-10-18-24(21(15)28(13)36)32-17-9-6-14-20(23(17)31-18)26(34)12-4-2-1-3-11(12)25(14)33/h1-10H. The van der Waals surface area contributed by atoms with E-state index < -0.39 is 10.9 Å². The Labute approximate surface area is 209 Å². The van der Waals surface area contributed by atoms with Gasteiger partial charge in [0.2, 0.25) is 0 Å². The number of fused-ring (bicyclic) bond motifs is 8. The molecule has 0 saturated heterocycles. The van der Waals surface area contributed by atoms with Crippen LogP contribution in [-0.4, -0.2) is 9.97 Å². The van der Waals surface area contributed by atoms with E-state index in [-0.39, 0.29) is 64.3 Å². The highest BCUT2D eigenvalue weighted by molar-refractivity contribution is 6.45. The van der Waals surface area contributed by atoms with Crippen molar-refractivity contribution in [3.8, 4) is 0 Å². The number of hydrogen-bond donors (Lipinski definition) is 0. The number of nitrogens with zero attached hydrogens (tertiary/aromatic N) is 2. The smallest absolute Gasteiger partial charge is 0.196 e. The zero-order chi connectivity index (χ0) is 24.9. The lowest BCUT2D eigenvalue weighted by molar-refractivity contribution is 1.41. The highest BCUT2D eigenvalue weighted by Crippen LogP contribution is 2.31. The average Bonchev–Trinajstić information content (AvgIpc) is 2.89. The van der Waals surface area contributed by atoms with Crippen LogP contribution in [0.25, 0.3) is 65.2 Å². The molecule has 0 N–H and O–H groups in total. The van der Waals surface area contributed by atoms with Crippen molar-refractivity contribution in [2.24, 2.45) is 0 Å². The van der Waals surface area contributed by atoms with Crippen molar-refractivity contribution in [3.63, 3.8) is 0 Å². The molecule has 8 heteroatoms. The molecule has 0 amide bonds. The van der Waals surface area contributed by atoms with E-state index in [2.05, 4.69) is 9.97 Å². The van der Waals surface area contributed by atoms with Gasteiger partial charge in [0.25, 0.3) is 0 Å². The predicted molar refractivity (Wildman–Crippen MR) is 145 cm³/mol. The van der Waals surface area contributed by atoms with Gasteiger partial charge in [-0.25, -0.2) is 9.97 Å². The van der Waals surface area contributed by atoms with E-state index in [9.17, 15) is 19.2 Å². The first-order valence-electron chi connectivity index (χ1n) is 10.9. The summed E-state index contributed by atoms with van der Waals surface area (Å²) >= 11 is 12.4. The number of benzene rings is 6. The van der Waals surface area contributed by atoms with Gasteiger partial charge in [0.15, 0.2) is 21.7 Å². The summed E-state index contributed by atoms with van der Waals surface area (Å²) in [6.45, 7) is 0. The second kappa shape index (κ2) is 7.13. The molecule has 7 aromatic rings. The fraction of sp³-hybridized carbons (Fsp3) is 0. The first-order valence-corrected chi connectivity index (χ1v) is 11.7. The van der Waals surface area contributed by atoms with E-state index in [0.717, 1.165) is 0 Å². The second-order valence-corrected chi connectivity index (χ2v) is 9.37. The third kappa shape index (κ3) is 2.57. The van der Waals surface area contributed by atoms with Gasteiger partial charge in [-0.05, 0) is 36.4 Å². The molecule has 0 saturated carbocycles. The van der Waals surface area contributed by atoms with Gasteiger partial charge in [0, 0.05) is 26.9 Å². The van der Waals surface area contributed by atoms with E-state index in [4.69, 9.17) is 23.2 Å². The van der Waals surface area contributed by atoms with Crippen LogP contribution in [0.5, 0.6) is 0 Å². The zero-order valence-corrected chi connectivity index (χ0v) is 19.6. The maximum atomic E-state index is 13.5. The lowest BCUT2D eigenvalue weighted by Gasteiger charge is -2.08. The van der Waals surface area contributed by atoms with E-state index in [1.54, 1.807) is 42.5 Å². The van der Waals surface area contributed by atoms with Crippen LogP contribution in [0, 0.1) is 0 Å². The molecule has 0 radical (unpaired) electrons. The molecule has 0 unspecified atom stereocenters. The summed E-state index contributed by atoms with van der Waals surface area (Å²) < 4.78 is 0. The minimum atomic E-state index is -0.432. The normalized spacial score (nSPS) is 12.1. The van der Waals surface area contributed by atoms with E-state index in [0.29, 0.717) is 21.8 Å². The van der Waals surface area contributed by atoms with E-state index >= 15 is 0 Å². The summed E-state index contributed by atoms with van der Waals surface area (Å²) in [5, 5.41) is 1.75. The summed E-state index contributed by atoms with van der Waals surface area (Å²) in [6.07, 6.45) is 0. The Bertz CT molecular complexity index is 2380. The molecule has 170 valence electrons. The predicted octanol–water partition coefficient (Wildman–Crippen LogP) is 5.02. The summed E-state index contributed by atoms with van der Waals surface area (Å²) in [5.41, 5.74) is -0.294. The van der Waals surface area contributed by atoms with E-state index in [1.165, 1.54) is 18.2 Å². The van der Waals surface area contributed by atoms with Gasteiger partial charge in [-0.1, -0.05) is 47.5 Å². The molecule has 1 heterocycles. The number of rotatable bonds is 0. The number of hydrogen-bond acceptors (Lipinski definition) is 6. The van der Waals surface area contributed by atoms with Gasteiger partial charge in [-0.15, -0.1) is 0 Å². The van der Waals surface area contributed by atoms with E-state index in [1.807, 2.05) is 0 Å². The molecule has 0 aliphatic rings. The van der Waals surface area contributed by atoms with Crippen LogP contribution in [0.15, 0.2) is 79.8 Å². The topological polar surface area (TPSA) is 94.1 Å². The maximum Gasteiger partial charge on any atom is 0.196 e. The summed E-state index contributed by atoms with van der Waals surface area (Å²) in [7, 11) is 0. The highest BCUT2D eigenvalue weighted by Gasteiger charge is 2.20. The Kier molecular flexibility index (Phi) is 4.17. The van der Waals surface area contributed by atoms with Crippen LogP contribution in [0.4, 0.5) is 0 Å². The lowest BCUT2D eigenvalue weighted by Crippen LogP contribution is -2.15. The lowest BCUT2D eigenvalue weighted by atomic mass is 9.99. The SMILES string of the molecule is O=c1c2ccccc2c(=O)c2c1ccc1nc3c(ccc4c(=O)c5c(Cl)c(Cl)ccc5c(=O)c43)nc12. The Morgan fingerprint density at radius 1 is 0.472 bits per heavy atom. The molecule has 0 fully saturated rings. The van der Waals surface area contributed by atoms with Crippen LogP contribution >= 0.6 is 23.2 Å². The van der Waals surface area contributed by atoms with Gasteiger partial charge in [-0.2, -0.15) is 0 Å². The number of halogens is 2. The molecule has 0 aliphatic heterocycles. The monoisotopic (exact) mass is 508 g/mol. The molecule has 7 rings (SSSR count). The minimum absolute atomic E-state index is 0.0259. The van der Waals surface area contributed by atoms with Crippen LogP contribution in [0.1, 0.15) is 0 Å². The molecular weight excluding hydrogens is 499 g/mol. The molecule has 0 aliphatic carbocycles. The van der Waals surface area contributed by atoms with Gasteiger partial charge in [0.1, 0.15) is 11.0 Å². The fourth-order valence-electron chi connectivity index (χ4n) is 5.04. The Morgan fingerprint density at radius 2 is 0.917 bits per heavy atom. The fourth-order valence-corrected chi connectivity index (χ4v) is 5.44. The summed E-state index contributed by atoms with van der Waals surface area (Å²) in [6, 6.07) is 15.8. The van der Waals surface area contributed by atoms with Crippen molar-refractivity contribution < 1.29 is 0 Å². The van der Waals surface area contributed by atoms with Crippen molar-refractivity contribution in [1.29, 1.82) is 0 Å². The number of aromatic nitrogens is 2. The van der Waals surface area contributed by atoms with Crippen molar-refractivity contribution in [3.05, 3.63) is 112 Å². The van der Waals surface area contributed by atoms with Gasteiger partial charge in [0.05, 0.1) is 37.2 Å². The quantitative estimate of drug-likeness (QED) is 0.211. The van der Waals surface area contributed by atoms with Gasteiger partial charge in [-0.3, -0.25) is 19.2 Å². The van der Waals surface area contributed by atoms with Crippen molar-refractivity contribution >= 4 is 88.4 Å². The molecule has 0 spiro atoms. The maximum absolute atomic E-state index is 13.5. The molecule has 6 aromatic carbocycles. The van der Waals surface area contributed by atoms with Crippen molar-refractivity contribution in [2.45, 2.75) is 0 Å². The summed E-state index contributed by atoms with van der Waals surface area (Å²) in [5.74, 6) is 0. The third-order valence-electron chi connectivity index (χ3n) is 6.70. The van der Waals surface area contributed by atoms with Crippen LogP contribution in [0.3, 0.4) is 0 Å². The molecule has 6 nitrogen and oxygen atoms in total. The average molecular weight is 509 g/mol. The van der Waals surface area contributed by atoms with Crippen molar-refractivity contribution in [1.82, 2.24) is 9.97 Å². The van der Waals surface area contributed by atoms with Crippen LogP contribution in [0.2, 0.25) is 10.0 Å². The molecule has 1 aromatic heterocycles. The first-order chi connectivity index (χ1) is 17.4. The Hall–Kier alpha value is -4.26. The Morgan fingerprint density at radius 3 is 1.53 bits per heavy atom. The zero-order valence-electron chi connectivity index (χ0n) is 18.1. The first kappa shape index (κ1) is 21.1. The van der Waals surface area contributed by atoms with Gasteiger partial charge < -0.3 is 0 Å². The molecule has 36 heavy (non-hydrogen) atoms. The third-order valence-corrected chi connectivity index (χ3v) is 7.51. The van der Waals surface area contributed by atoms with Crippen LogP contribution in [-0.2, 0) is 0 Å². The molecular formula is C28H10Cl2N2O4.